The summed E-state index contributed by atoms with van der Waals surface area (Å²) < 4.78 is 14.4. The van der Waals surface area contributed by atoms with Gasteiger partial charge in [0.25, 0.3) is 0 Å². The molecule has 2 fully saturated rings. The number of likely N-dealkylation sites (N-methyl/N-ethyl adjacent to an activating group) is 1. The number of carbonyl (C=O) groups excluding carboxylic acids is 9. The van der Waals surface area contributed by atoms with Crippen LogP contribution in [-0.4, -0.2) is 174 Å². The molecule has 117 heavy (non-hydrogen) atoms. The number of aliphatic imine (C=N–C) groups is 1. The molecular formula is C92H116N12O12S. The zero-order chi connectivity index (χ0) is 82.9. The highest BCUT2D eigenvalue weighted by molar-refractivity contribution is 7.85. The number of fused-ring (bicyclic) bond motifs is 3. The van der Waals surface area contributed by atoms with Gasteiger partial charge in [0, 0.05) is 157 Å². The molecule has 2 aliphatic heterocycles. The Hall–Kier alpha value is -10.2. The van der Waals surface area contributed by atoms with E-state index in [0.29, 0.717) is 67.0 Å². The molecule has 14 atom stereocenters. The quantitative estimate of drug-likeness (QED) is 0.0124. The number of para-hydroxylation sites is 1. The second-order valence-corrected chi connectivity index (χ2v) is 34.3. The second-order valence-electron chi connectivity index (χ2n) is 32.8. The van der Waals surface area contributed by atoms with Gasteiger partial charge in [-0.25, -0.2) is 0 Å². The largest absolute Gasteiger partial charge is 0.508 e. The molecular weight excluding hydrogens is 1500 g/mol. The van der Waals surface area contributed by atoms with Crippen molar-refractivity contribution >= 4 is 91.0 Å². The number of likely N-dealkylation sites (tertiary alicyclic amines) is 1. The number of H-pyrrole nitrogens is 2. The number of phenolic OH excluding ortho intramolecular Hbond substituents is 1. The molecule has 3 amide bonds. The number of phenols is 1. The minimum absolute atomic E-state index is 0.00432. The molecule has 24 nitrogen and oxygen atoms in total. The molecule has 11 rings (SSSR count). The van der Waals surface area contributed by atoms with Gasteiger partial charge in [-0.1, -0.05) is 122 Å². The molecule has 0 radical (unpaired) electrons. The fraction of sp³-hybridized carbons (Fsp3) is 0.467. The van der Waals surface area contributed by atoms with Gasteiger partial charge in [0.2, 0.25) is 17.7 Å². The van der Waals surface area contributed by atoms with Crippen LogP contribution in [0, 0.1) is 35.5 Å². The van der Waals surface area contributed by atoms with Crippen LogP contribution in [0.2, 0.25) is 0 Å². The van der Waals surface area contributed by atoms with Crippen LogP contribution in [0.15, 0.2) is 169 Å². The number of carbonyl (C=O) groups is 9. The summed E-state index contributed by atoms with van der Waals surface area (Å²) in [5, 5.41) is 36.4. The molecule has 622 valence electrons. The van der Waals surface area contributed by atoms with Gasteiger partial charge in [-0.15, -0.1) is 0 Å². The minimum atomic E-state index is -1.51. The summed E-state index contributed by atoms with van der Waals surface area (Å²) in [5.41, 5.74) is 25.7. The van der Waals surface area contributed by atoms with E-state index in [-0.39, 0.29) is 143 Å². The third kappa shape index (κ3) is 25.4. The standard InChI is InChI=1S/C92H116N12O12S/c1-58(105)88-86(112)50-67(41-59-18-6-3-7-19-59)82(108)29-11-5-10-27-77(98-52-63(40-61-30-32-71(106)33-31-61)43-72(107)57-117(116)56-64-44-75-74-25-16-28-78-87(74)70(54-100-78)47-81(75)104(2)55-64)83(109)48-66(23-17-37-97-92(94)95)89(113)101-79(45-60-20-8-4-9-21-60)85(111)51-68(42-62-34-38-96-39-35-62)91(115)102-80(46-69-53-99-76-26-13-12-24-73(69)76)84(110)49-65(90(114)103-88)22-14-15-36-93/h3-4,6-9,12-13,16,18-21,24-26,28,30-35,38-39,53-54,58,63-68,75,77,79-81,88,98-100,105-106H,5,10-11,14-15,17,22-23,27,29,36-37,40-52,55-57,93H2,1-2H3,(H,101,113)(H,102,115)(H,103,114)(H4,94,95,97)/t58-,63-,64-,65-,66-,67-,68-,75-,77-,79+,80-,81-,88+,117?/m1/s1. The van der Waals surface area contributed by atoms with E-state index in [4.69, 9.17) is 17.2 Å². The summed E-state index contributed by atoms with van der Waals surface area (Å²) in [6.07, 6.45) is 9.10. The Morgan fingerprint density at radius 3 is 1.96 bits per heavy atom. The number of ketones is 6. The van der Waals surface area contributed by atoms with Gasteiger partial charge in [0.1, 0.15) is 23.4 Å². The van der Waals surface area contributed by atoms with Crippen molar-refractivity contribution in [1.29, 1.82) is 0 Å². The Balaban J connectivity index is 0.910. The van der Waals surface area contributed by atoms with Crippen molar-refractivity contribution in [3.05, 3.63) is 203 Å². The van der Waals surface area contributed by atoms with E-state index in [1.807, 2.05) is 72.8 Å². The van der Waals surface area contributed by atoms with Crippen molar-refractivity contribution < 1.29 is 57.6 Å². The number of aliphatic hydroxyl groups is 1. The third-order valence-corrected chi connectivity index (χ3v) is 25.3. The molecule has 5 heterocycles. The number of hydrogen-bond donors (Lipinski definition) is 11. The zero-order valence-electron chi connectivity index (χ0n) is 67.4. The van der Waals surface area contributed by atoms with Crippen LogP contribution in [0.4, 0.5) is 0 Å². The van der Waals surface area contributed by atoms with Crippen molar-refractivity contribution in [2.24, 2.45) is 57.7 Å². The van der Waals surface area contributed by atoms with E-state index < -0.39 is 119 Å². The molecule has 1 aliphatic carbocycles. The molecule has 1 unspecified atom stereocenters. The molecule has 25 heteroatoms. The van der Waals surface area contributed by atoms with Gasteiger partial charge in [-0.05, 0) is 191 Å². The van der Waals surface area contributed by atoms with Gasteiger partial charge in [0.15, 0.2) is 29.1 Å². The van der Waals surface area contributed by atoms with Crippen molar-refractivity contribution in [1.82, 2.24) is 41.1 Å². The summed E-state index contributed by atoms with van der Waals surface area (Å²) in [6, 6.07) is 37.6. The lowest BCUT2D eigenvalue weighted by Crippen LogP contribution is -2.51. The number of aliphatic hydroxyl groups excluding tert-OH is 1. The second kappa shape index (κ2) is 43.3. The van der Waals surface area contributed by atoms with Crippen LogP contribution < -0.4 is 38.5 Å². The number of rotatable bonds is 28. The number of Topliss-reactive ketones (excluding diaryl/α,β-unsaturated/α-hetero) is 6. The average molecular weight is 1610 g/mol. The van der Waals surface area contributed by atoms with E-state index in [0.717, 1.165) is 46.9 Å². The van der Waals surface area contributed by atoms with Crippen LogP contribution in [0.25, 0.3) is 21.8 Å². The summed E-state index contributed by atoms with van der Waals surface area (Å²) >= 11 is 0. The van der Waals surface area contributed by atoms with Crippen molar-refractivity contribution in [2.45, 2.75) is 190 Å². The number of aromatic amines is 2. The van der Waals surface area contributed by atoms with E-state index in [9.17, 15) is 33.6 Å². The maximum Gasteiger partial charge on any atom is 0.224 e. The number of nitrogens with two attached hydrogens (primary N) is 3. The summed E-state index contributed by atoms with van der Waals surface area (Å²) in [6.45, 7) is 2.64. The number of aromatic nitrogens is 3. The molecule has 3 aromatic heterocycles. The van der Waals surface area contributed by atoms with E-state index in [1.165, 1.54) is 23.4 Å². The lowest BCUT2D eigenvalue weighted by Gasteiger charge is -2.45. The number of nitrogens with zero attached hydrogens (tertiary/aromatic N) is 3. The summed E-state index contributed by atoms with van der Waals surface area (Å²) in [4.78, 5) is 154. The number of aromatic hydroxyl groups is 1. The highest BCUT2D eigenvalue weighted by Crippen LogP contribution is 2.45. The van der Waals surface area contributed by atoms with E-state index in [1.54, 1.807) is 67.1 Å². The van der Waals surface area contributed by atoms with E-state index in [2.05, 4.69) is 77.6 Å². The smallest absolute Gasteiger partial charge is 0.224 e. The first-order valence-electron chi connectivity index (χ1n) is 41.7. The fourth-order valence-electron chi connectivity index (χ4n) is 17.7. The van der Waals surface area contributed by atoms with Gasteiger partial charge in [-0.2, -0.15) is 0 Å². The molecule has 8 aromatic rings. The predicted molar refractivity (Wildman–Crippen MR) is 455 cm³/mol. The number of amides is 3. The Kier molecular flexibility index (Phi) is 32.5. The molecule has 3 aliphatic rings. The average Bonchev–Trinajstić information content (AvgIpc) is 1.63. The Morgan fingerprint density at radius 1 is 0.632 bits per heavy atom. The van der Waals surface area contributed by atoms with E-state index >= 15 is 24.0 Å². The number of benzene rings is 5. The summed E-state index contributed by atoms with van der Waals surface area (Å²) in [5.74, 6) is -8.65. The van der Waals surface area contributed by atoms with Crippen molar-refractivity contribution in [3.8, 4) is 5.75 Å². The van der Waals surface area contributed by atoms with Crippen molar-refractivity contribution in [3.63, 3.8) is 0 Å². The summed E-state index contributed by atoms with van der Waals surface area (Å²) in [7, 11) is 0.626. The fourth-order valence-corrected chi connectivity index (χ4v) is 19.0. The number of piperidine rings is 1. The van der Waals surface area contributed by atoms with Crippen molar-refractivity contribution in [2.75, 3.05) is 44.7 Å². The number of guanidine groups is 1. The highest BCUT2D eigenvalue weighted by atomic mass is 32.2. The molecule has 14 N–H and O–H groups in total. The molecule has 0 spiro atoms. The maximum atomic E-state index is 15.6. The van der Waals surface area contributed by atoms with Gasteiger partial charge in [0.05, 0.1) is 30.0 Å². The number of unbranched alkanes of at least 4 members (excludes halogenated alkanes) is 1. The monoisotopic (exact) mass is 1610 g/mol. The molecule has 5 aromatic carbocycles. The van der Waals surface area contributed by atoms with Gasteiger partial charge >= 0.3 is 0 Å². The molecule has 0 bridgehead atoms. The van der Waals surface area contributed by atoms with Gasteiger partial charge in [-0.3, -0.25) is 57.3 Å². The highest BCUT2D eigenvalue weighted by Gasteiger charge is 2.42. The first-order chi connectivity index (χ1) is 56.5. The van der Waals surface area contributed by atoms with Crippen LogP contribution in [-0.2, 0) is 92.5 Å². The Bertz CT molecular complexity index is 4720. The third-order valence-electron chi connectivity index (χ3n) is 23.8. The SMILES string of the molecule is C[C@@H](O)[C@@H]1NC(=O)[C@H](CCCCN)CC(=O)[C@@H](Cc2c[nH]c3ccccc23)NC(=O)[C@H](Cc2ccncc2)CC(=O)[C@H](Cc2ccccc2)NC(=O)[C@H](CCCN=C(N)N)CC(=O)[C@H](NC[C@@H](CC(=O)CS(=O)C[C@@H]2C[C@@H]3c4cccc5[nH]cc(c45)C[C@H]3N(C)C2)Cc2ccc(O)cc2)CCCCCC(=O)[C@H](Cc2ccccc2)CC1=O. The predicted octanol–water partition coefficient (Wildman–Crippen LogP) is 9.06. The number of hydrogen-bond acceptors (Lipinski definition) is 17. The lowest BCUT2D eigenvalue weighted by atomic mass is 9.73. The Labute approximate surface area is 687 Å². The lowest BCUT2D eigenvalue weighted by molar-refractivity contribution is -0.136. The Morgan fingerprint density at radius 2 is 1.25 bits per heavy atom. The van der Waals surface area contributed by atoms with Crippen LogP contribution in [0.1, 0.15) is 155 Å². The molecule has 2 saturated heterocycles. The van der Waals surface area contributed by atoms with Crippen LogP contribution in [0.3, 0.4) is 0 Å². The first kappa shape index (κ1) is 87.7. The minimum Gasteiger partial charge on any atom is -0.508 e. The number of pyridine rings is 1. The van der Waals surface area contributed by atoms with Crippen LogP contribution >= 0.6 is 0 Å². The zero-order valence-corrected chi connectivity index (χ0v) is 68.2. The number of nitrogens with one attached hydrogen (secondary N) is 6. The molecule has 0 saturated carbocycles. The maximum absolute atomic E-state index is 15.6. The van der Waals surface area contributed by atoms with Crippen LogP contribution in [0.5, 0.6) is 5.75 Å². The van der Waals surface area contributed by atoms with Gasteiger partial charge < -0.3 is 63.5 Å². The first-order valence-corrected chi connectivity index (χ1v) is 43.2. The normalized spacial score (nSPS) is 23.7. The topological polar surface area (TPSA) is 397 Å².